The summed E-state index contributed by atoms with van der Waals surface area (Å²) in [6, 6.07) is 9.23. The van der Waals surface area contributed by atoms with Crippen LogP contribution in [0.25, 0.3) is 10.4 Å². The summed E-state index contributed by atoms with van der Waals surface area (Å²) >= 11 is 1.32. The number of rotatable bonds is 4. The first-order valence-corrected chi connectivity index (χ1v) is 8.45. The topological polar surface area (TPSA) is 84.9 Å². The smallest absolute Gasteiger partial charge is 0.329 e. The van der Waals surface area contributed by atoms with E-state index in [0.29, 0.717) is 36.7 Å². The van der Waals surface area contributed by atoms with Crippen LogP contribution in [0.3, 0.4) is 0 Å². The number of amides is 1. The lowest BCUT2D eigenvalue weighted by Crippen LogP contribution is -2.42. The molecule has 2 aromatic rings. The molecule has 1 aromatic heterocycles. The van der Waals surface area contributed by atoms with E-state index in [4.69, 9.17) is 14.6 Å². The van der Waals surface area contributed by atoms with Crippen LogP contribution in [0.5, 0.6) is 11.5 Å². The van der Waals surface area contributed by atoms with E-state index in [2.05, 4.69) is 5.32 Å². The van der Waals surface area contributed by atoms with Gasteiger partial charge in [-0.25, -0.2) is 4.79 Å². The molecule has 0 bridgehead atoms. The van der Waals surface area contributed by atoms with Crippen LogP contribution < -0.4 is 14.8 Å². The number of fused-ring (bicyclic) bond motifs is 1. The number of hydrogen-bond donors (Lipinski definition) is 2. The fourth-order valence-corrected chi connectivity index (χ4v) is 3.51. The Hall–Kier alpha value is -2.54. The van der Waals surface area contributed by atoms with Crippen molar-refractivity contribution in [3.8, 4) is 21.9 Å². The fourth-order valence-electron chi connectivity index (χ4n) is 2.61. The van der Waals surface area contributed by atoms with Crippen molar-refractivity contribution in [3.05, 3.63) is 35.2 Å². The van der Waals surface area contributed by atoms with Crippen molar-refractivity contribution in [1.82, 2.24) is 5.32 Å². The molecule has 1 amide bonds. The maximum atomic E-state index is 12.3. The van der Waals surface area contributed by atoms with Gasteiger partial charge < -0.3 is 19.9 Å². The van der Waals surface area contributed by atoms with Crippen LogP contribution in [0.2, 0.25) is 0 Å². The summed E-state index contributed by atoms with van der Waals surface area (Å²) in [6.07, 6.45) is 0.961. The molecular formula is C17H15NO5S. The molecule has 1 fully saturated rings. The van der Waals surface area contributed by atoms with Crippen molar-refractivity contribution in [2.24, 2.45) is 0 Å². The highest BCUT2D eigenvalue weighted by Crippen LogP contribution is 2.38. The van der Waals surface area contributed by atoms with Crippen molar-refractivity contribution >= 4 is 23.2 Å². The number of benzene rings is 1. The molecule has 1 aliphatic carbocycles. The second-order valence-corrected chi connectivity index (χ2v) is 6.95. The molecule has 0 atom stereocenters. The van der Waals surface area contributed by atoms with E-state index in [-0.39, 0.29) is 5.91 Å². The van der Waals surface area contributed by atoms with Crippen molar-refractivity contribution < 1.29 is 24.2 Å². The molecule has 2 N–H and O–H groups in total. The molecule has 2 heterocycles. The van der Waals surface area contributed by atoms with Crippen LogP contribution in [0, 0.1) is 0 Å². The van der Waals surface area contributed by atoms with Crippen molar-refractivity contribution in [2.75, 3.05) is 13.2 Å². The molecule has 0 spiro atoms. The largest absolute Gasteiger partial charge is 0.486 e. The van der Waals surface area contributed by atoms with Gasteiger partial charge in [-0.2, -0.15) is 0 Å². The monoisotopic (exact) mass is 345 g/mol. The van der Waals surface area contributed by atoms with E-state index in [1.54, 1.807) is 6.07 Å². The maximum Gasteiger partial charge on any atom is 0.329 e. The van der Waals surface area contributed by atoms with Gasteiger partial charge in [-0.05, 0) is 48.7 Å². The molecule has 0 saturated heterocycles. The lowest BCUT2D eigenvalue weighted by molar-refractivity contribution is -0.140. The molecule has 24 heavy (non-hydrogen) atoms. The number of carbonyl (C=O) groups is 2. The summed E-state index contributed by atoms with van der Waals surface area (Å²) < 4.78 is 11.1. The Morgan fingerprint density at radius 1 is 1.08 bits per heavy atom. The number of aliphatic carboxylic acids is 1. The van der Waals surface area contributed by atoms with E-state index in [1.807, 2.05) is 24.3 Å². The molecule has 7 heteroatoms. The van der Waals surface area contributed by atoms with Crippen LogP contribution in [-0.2, 0) is 4.79 Å². The maximum absolute atomic E-state index is 12.3. The highest BCUT2D eigenvalue weighted by molar-refractivity contribution is 7.17. The summed E-state index contributed by atoms with van der Waals surface area (Å²) in [4.78, 5) is 24.9. The summed E-state index contributed by atoms with van der Waals surface area (Å²) in [5.74, 6) is 0.0979. The summed E-state index contributed by atoms with van der Waals surface area (Å²) in [5.41, 5.74) is -0.138. The van der Waals surface area contributed by atoms with E-state index in [9.17, 15) is 9.59 Å². The van der Waals surface area contributed by atoms with Crippen molar-refractivity contribution in [2.45, 2.75) is 18.4 Å². The van der Waals surface area contributed by atoms with E-state index < -0.39 is 11.5 Å². The highest BCUT2D eigenvalue weighted by atomic mass is 32.1. The van der Waals surface area contributed by atoms with Crippen LogP contribution in [0.1, 0.15) is 22.5 Å². The quantitative estimate of drug-likeness (QED) is 0.889. The van der Waals surface area contributed by atoms with Gasteiger partial charge in [0.15, 0.2) is 11.5 Å². The molecule has 1 saturated carbocycles. The second-order valence-electron chi connectivity index (χ2n) is 5.86. The summed E-state index contributed by atoms with van der Waals surface area (Å²) in [7, 11) is 0. The zero-order valence-corrected chi connectivity index (χ0v) is 13.5. The molecule has 6 nitrogen and oxygen atoms in total. The predicted molar refractivity (Wildman–Crippen MR) is 87.8 cm³/mol. The number of nitrogens with one attached hydrogen (secondary N) is 1. The average Bonchev–Trinajstić information content (AvgIpc) is 3.20. The number of carbonyl (C=O) groups excluding carboxylic acids is 1. The minimum absolute atomic E-state index is 0.344. The van der Waals surface area contributed by atoms with Gasteiger partial charge in [0.25, 0.3) is 5.91 Å². The third-order valence-electron chi connectivity index (χ3n) is 4.17. The zero-order valence-electron chi connectivity index (χ0n) is 12.7. The molecule has 0 radical (unpaired) electrons. The third-order valence-corrected chi connectivity index (χ3v) is 5.30. The Labute approximate surface area is 142 Å². The minimum Gasteiger partial charge on any atom is -0.486 e. The van der Waals surface area contributed by atoms with Crippen LogP contribution in [-0.4, -0.2) is 35.7 Å². The number of carboxylic acids is 1. The standard InChI is InChI=1S/C17H15NO5S/c19-15(18-17(5-6-17)16(20)21)14-4-3-13(24-14)10-1-2-11-12(9-10)23-8-7-22-11/h1-4,9H,5-8H2,(H,18,19)(H,20,21). The SMILES string of the molecule is O=C(NC1(C(=O)O)CC1)c1ccc(-c2ccc3c(c2)OCCO3)s1. The Morgan fingerprint density at radius 3 is 2.54 bits per heavy atom. The van der Waals surface area contributed by atoms with Gasteiger partial charge in [-0.1, -0.05) is 0 Å². The molecule has 1 aromatic carbocycles. The van der Waals surface area contributed by atoms with Crippen LogP contribution >= 0.6 is 11.3 Å². The number of ether oxygens (including phenoxy) is 2. The molecular weight excluding hydrogens is 330 g/mol. The first-order valence-electron chi connectivity index (χ1n) is 7.63. The molecule has 124 valence electrons. The summed E-state index contributed by atoms with van der Waals surface area (Å²) in [6.45, 7) is 1.06. The van der Waals surface area contributed by atoms with Crippen LogP contribution in [0.15, 0.2) is 30.3 Å². The fraction of sp³-hybridized carbons (Fsp3) is 0.294. The van der Waals surface area contributed by atoms with Crippen LogP contribution in [0.4, 0.5) is 0 Å². The lowest BCUT2D eigenvalue weighted by atomic mass is 10.1. The number of thiophene rings is 1. The molecule has 0 unspecified atom stereocenters. The Kier molecular flexibility index (Phi) is 3.45. The number of hydrogen-bond acceptors (Lipinski definition) is 5. The van der Waals surface area contributed by atoms with Gasteiger partial charge in [-0.15, -0.1) is 11.3 Å². The molecule has 4 rings (SSSR count). The Bertz CT molecular complexity index is 824. The van der Waals surface area contributed by atoms with Gasteiger partial charge >= 0.3 is 5.97 Å². The zero-order chi connectivity index (χ0) is 16.7. The first kappa shape index (κ1) is 15.0. The Balaban J connectivity index is 1.54. The Morgan fingerprint density at radius 2 is 1.83 bits per heavy atom. The van der Waals surface area contributed by atoms with Crippen molar-refractivity contribution in [1.29, 1.82) is 0 Å². The van der Waals surface area contributed by atoms with E-state index in [0.717, 1.165) is 16.2 Å². The van der Waals surface area contributed by atoms with Gasteiger partial charge in [0, 0.05) is 4.88 Å². The summed E-state index contributed by atoms with van der Waals surface area (Å²) in [5, 5.41) is 11.8. The van der Waals surface area contributed by atoms with E-state index >= 15 is 0 Å². The molecule has 1 aliphatic heterocycles. The average molecular weight is 345 g/mol. The normalized spacial score (nSPS) is 17.2. The number of carboxylic acid groups (broad SMARTS) is 1. The van der Waals surface area contributed by atoms with Gasteiger partial charge in [0.05, 0.1) is 4.88 Å². The third kappa shape index (κ3) is 2.60. The molecule has 2 aliphatic rings. The first-order chi connectivity index (χ1) is 11.6. The predicted octanol–water partition coefficient (Wildman–Crippen LogP) is 2.53. The highest BCUT2D eigenvalue weighted by Gasteiger charge is 2.51. The van der Waals surface area contributed by atoms with E-state index in [1.165, 1.54) is 11.3 Å². The second kappa shape index (κ2) is 5.52. The van der Waals surface area contributed by atoms with Gasteiger partial charge in [0.2, 0.25) is 0 Å². The lowest BCUT2D eigenvalue weighted by Gasteiger charge is -2.18. The minimum atomic E-state index is -1.07. The van der Waals surface area contributed by atoms with Gasteiger partial charge in [0.1, 0.15) is 18.8 Å². The van der Waals surface area contributed by atoms with Gasteiger partial charge in [-0.3, -0.25) is 4.79 Å². The van der Waals surface area contributed by atoms with Crippen molar-refractivity contribution in [3.63, 3.8) is 0 Å².